The molecule has 0 bridgehead atoms. The van der Waals surface area contributed by atoms with Gasteiger partial charge in [-0.2, -0.15) is 0 Å². The summed E-state index contributed by atoms with van der Waals surface area (Å²) in [6.07, 6.45) is 4.31. The van der Waals surface area contributed by atoms with E-state index in [1.807, 2.05) is 13.1 Å². The zero-order valence-electron chi connectivity index (χ0n) is 15.7. The lowest BCUT2D eigenvalue weighted by molar-refractivity contribution is 0.167. The summed E-state index contributed by atoms with van der Waals surface area (Å²) in [5.74, 6) is 1.93. The highest BCUT2D eigenvalue weighted by Crippen LogP contribution is 2.15. The van der Waals surface area contributed by atoms with Crippen molar-refractivity contribution in [1.29, 1.82) is 0 Å². The molecule has 0 saturated carbocycles. The molecule has 0 aliphatic carbocycles. The predicted molar refractivity (Wildman–Crippen MR) is 99.6 cm³/mol. The van der Waals surface area contributed by atoms with Crippen LogP contribution in [0.2, 0.25) is 0 Å². The van der Waals surface area contributed by atoms with E-state index in [-0.39, 0.29) is 0 Å². The highest BCUT2D eigenvalue weighted by Gasteiger charge is 2.20. The van der Waals surface area contributed by atoms with Gasteiger partial charge in [0.2, 0.25) is 0 Å². The Bertz CT molecular complexity index is 516. The molecule has 2 fully saturated rings. The number of rotatable bonds is 5. The number of hydrogen-bond acceptors (Lipinski definition) is 5. The molecule has 0 radical (unpaired) electrons. The minimum absolute atomic E-state index is 0.865. The van der Waals surface area contributed by atoms with E-state index in [0.717, 1.165) is 63.4 Å². The standard InChI is InChI=1S/C18H32N6O/c1-16-3-7-22(8-4-16)9-6-20-18(19-2)24-12-10-23(11-13-24)15-17-5-14-25-21-17/h5,14,16H,3-4,6-13,15H2,1-2H3,(H,19,20). The van der Waals surface area contributed by atoms with Gasteiger partial charge in [-0.1, -0.05) is 12.1 Å². The van der Waals surface area contributed by atoms with E-state index in [1.54, 1.807) is 6.26 Å². The maximum atomic E-state index is 4.91. The number of guanidine groups is 1. The molecule has 2 aliphatic rings. The molecule has 0 unspecified atom stereocenters. The van der Waals surface area contributed by atoms with E-state index in [9.17, 15) is 0 Å². The Morgan fingerprint density at radius 1 is 1.20 bits per heavy atom. The van der Waals surface area contributed by atoms with E-state index < -0.39 is 0 Å². The Labute approximate surface area is 151 Å². The quantitative estimate of drug-likeness (QED) is 0.635. The van der Waals surface area contributed by atoms with Gasteiger partial charge in [-0.05, 0) is 31.8 Å². The largest absolute Gasteiger partial charge is 0.364 e. The molecule has 0 atom stereocenters. The lowest BCUT2D eigenvalue weighted by Crippen LogP contribution is -2.53. The van der Waals surface area contributed by atoms with Gasteiger partial charge in [0.05, 0.1) is 5.69 Å². The molecule has 1 N–H and O–H groups in total. The fourth-order valence-electron chi connectivity index (χ4n) is 3.61. The Morgan fingerprint density at radius 2 is 1.96 bits per heavy atom. The molecule has 1 aromatic heterocycles. The third-order valence-electron chi connectivity index (χ3n) is 5.35. The summed E-state index contributed by atoms with van der Waals surface area (Å²) in [7, 11) is 1.88. The lowest BCUT2D eigenvalue weighted by atomic mass is 9.99. The van der Waals surface area contributed by atoms with Gasteiger partial charge < -0.3 is 19.6 Å². The molecule has 140 valence electrons. The van der Waals surface area contributed by atoms with E-state index in [1.165, 1.54) is 25.9 Å². The van der Waals surface area contributed by atoms with Gasteiger partial charge in [0, 0.05) is 58.9 Å². The minimum atomic E-state index is 0.865. The number of likely N-dealkylation sites (tertiary alicyclic amines) is 1. The van der Waals surface area contributed by atoms with Crippen molar-refractivity contribution in [2.75, 3.05) is 59.4 Å². The van der Waals surface area contributed by atoms with Crippen molar-refractivity contribution in [2.24, 2.45) is 10.9 Å². The summed E-state index contributed by atoms with van der Waals surface area (Å²) in [4.78, 5) is 11.8. The molecule has 3 rings (SSSR count). The fraction of sp³-hybridized carbons (Fsp3) is 0.778. The number of aliphatic imine (C=N–C) groups is 1. The maximum absolute atomic E-state index is 4.91. The van der Waals surface area contributed by atoms with Gasteiger partial charge in [0.15, 0.2) is 5.96 Å². The highest BCUT2D eigenvalue weighted by molar-refractivity contribution is 5.80. The van der Waals surface area contributed by atoms with Crippen LogP contribution in [0.15, 0.2) is 21.8 Å². The van der Waals surface area contributed by atoms with E-state index >= 15 is 0 Å². The van der Waals surface area contributed by atoms with Gasteiger partial charge in [-0.15, -0.1) is 0 Å². The second-order valence-corrected chi connectivity index (χ2v) is 7.25. The van der Waals surface area contributed by atoms with E-state index in [4.69, 9.17) is 4.52 Å². The van der Waals surface area contributed by atoms with Crippen molar-refractivity contribution < 1.29 is 4.52 Å². The second kappa shape index (κ2) is 9.20. The van der Waals surface area contributed by atoms with Crippen molar-refractivity contribution in [3.05, 3.63) is 18.0 Å². The SMILES string of the molecule is CN=C(NCCN1CCC(C)CC1)N1CCN(Cc2ccon2)CC1. The first-order valence-electron chi connectivity index (χ1n) is 9.54. The number of piperazine rings is 1. The third kappa shape index (κ3) is 5.44. The number of aromatic nitrogens is 1. The monoisotopic (exact) mass is 348 g/mol. The Morgan fingerprint density at radius 3 is 2.60 bits per heavy atom. The molecule has 2 saturated heterocycles. The number of hydrogen-bond donors (Lipinski definition) is 1. The van der Waals surface area contributed by atoms with Crippen molar-refractivity contribution >= 4 is 5.96 Å². The lowest BCUT2D eigenvalue weighted by Gasteiger charge is -2.36. The summed E-state index contributed by atoms with van der Waals surface area (Å²) < 4.78 is 4.91. The molecule has 7 nitrogen and oxygen atoms in total. The van der Waals surface area contributed by atoms with Crippen molar-refractivity contribution in [3.8, 4) is 0 Å². The van der Waals surface area contributed by atoms with Gasteiger partial charge in [0.1, 0.15) is 6.26 Å². The maximum Gasteiger partial charge on any atom is 0.193 e. The van der Waals surface area contributed by atoms with Crippen molar-refractivity contribution in [1.82, 2.24) is 25.2 Å². The van der Waals surface area contributed by atoms with Crippen LogP contribution in [0.5, 0.6) is 0 Å². The summed E-state index contributed by atoms with van der Waals surface area (Å²) in [5, 5.41) is 7.55. The van der Waals surface area contributed by atoms with Crippen LogP contribution in [-0.4, -0.2) is 85.2 Å². The zero-order valence-corrected chi connectivity index (χ0v) is 15.7. The fourth-order valence-corrected chi connectivity index (χ4v) is 3.61. The normalized spacial score (nSPS) is 21.7. The topological polar surface area (TPSA) is 60.1 Å². The molecule has 0 amide bonds. The van der Waals surface area contributed by atoms with E-state index in [0.29, 0.717) is 0 Å². The summed E-state index contributed by atoms with van der Waals surface area (Å²) >= 11 is 0. The second-order valence-electron chi connectivity index (χ2n) is 7.25. The highest BCUT2D eigenvalue weighted by atomic mass is 16.5. The number of nitrogens with zero attached hydrogens (tertiary/aromatic N) is 5. The predicted octanol–water partition coefficient (Wildman–Crippen LogP) is 1.10. The van der Waals surface area contributed by atoms with E-state index in [2.05, 4.69) is 37.1 Å². The molecule has 1 aromatic rings. The van der Waals surface area contributed by atoms with Gasteiger partial charge in [-0.25, -0.2) is 0 Å². The smallest absolute Gasteiger partial charge is 0.193 e. The van der Waals surface area contributed by atoms with Crippen LogP contribution in [0.3, 0.4) is 0 Å². The molecule has 7 heteroatoms. The first-order chi connectivity index (χ1) is 12.2. The van der Waals surface area contributed by atoms with Crippen LogP contribution < -0.4 is 5.32 Å². The van der Waals surface area contributed by atoms with Crippen LogP contribution in [-0.2, 0) is 6.54 Å². The van der Waals surface area contributed by atoms with Crippen LogP contribution in [0.1, 0.15) is 25.5 Å². The van der Waals surface area contributed by atoms with Crippen LogP contribution in [0.25, 0.3) is 0 Å². The molecule has 2 aliphatic heterocycles. The molecule has 25 heavy (non-hydrogen) atoms. The van der Waals surface area contributed by atoms with Gasteiger partial charge in [-0.3, -0.25) is 9.89 Å². The summed E-state index contributed by atoms with van der Waals surface area (Å²) in [6, 6.07) is 1.94. The van der Waals surface area contributed by atoms with Crippen LogP contribution in [0, 0.1) is 5.92 Å². The summed E-state index contributed by atoms with van der Waals surface area (Å²) in [6.45, 7) is 11.8. The van der Waals surface area contributed by atoms with Crippen molar-refractivity contribution in [3.63, 3.8) is 0 Å². The average molecular weight is 348 g/mol. The minimum Gasteiger partial charge on any atom is -0.364 e. The number of piperidine rings is 1. The van der Waals surface area contributed by atoms with Crippen LogP contribution >= 0.6 is 0 Å². The number of nitrogens with one attached hydrogen (secondary N) is 1. The molecular formula is C18H32N6O. The van der Waals surface area contributed by atoms with Crippen LogP contribution in [0.4, 0.5) is 0 Å². The zero-order chi connectivity index (χ0) is 17.5. The summed E-state index contributed by atoms with van der Waals surface area (Å²) in [5.41, 5.74) is 1.01. The molecule has 0 spiro atoms. The Kier molecular flexibility index (Phi) is 6.69. The van der Waals surface area contributed by atoms with Gasteiger partial charge >= 0.3 is 0 Å². The third-order valence-corrected chi connectivity index (χ3v) is 5.35. The molecular weight excluding hydrogens is 316 g/mol. The molecule has 3 heterocycles. The van der Waals surface area contributed by atoms with Crippen molar-refractivity contribution in [2.45, 2.75) is 26.3 Å². The first-order valence-corrected chi connectivity index (χ1v) is 9.54. The average Bonchev–Trinajstić information content (AvgIpc) is 3.14. The molecule has 0 aromatic carbocycles. The first kappa shape index (κ1) is 18.2. The Hall–Kier alpha value is -1.60. The van der Waals surface area contributed by atoms with Gasteiger partial charge in [0.25, 0.3) is 0 Å². The Balaban J connectivity index is 1.36.